The highest BCUT2D eigenvalue weighted by molar-refractivity contribution is 5.72. The minimum absolute atomic E-state index is 0.188. The topological polar surface area (TPSA) is 29.3 Å². The first-order valence-electron chi connectivity index (χ1n) is 7.63. The molecule has 2 heterocycles. The Morgan fingerprint density at radius 2 is 1.95 bits per heavy atom. The summed E-state index contributed by atoms with van der Waals surface area (Å²) < 4.78 is 18.9. The Balaban J connectivity index is 1.57. The lowest BCUT2D eigenvalue weighted by molar-refractivity contribution is 0.225. The first-order valence-corrected chi connectivity index (χ1v) is 7.63. The van der Waals surface area contributed by atoms with Gasteiger partial charge in [0.2, 0.25) is 5.89 Å². The highest BCUT2D eigenvalue weighted by Gasteiger charge is 2.27. The van der Waals surface area contributed by atoms with Crippen molar-refractivity contribution >= 4 is 11.1 Å². The number of oxazole rings is 1. The average molecular weight is 296 g/mol. The Labute approximate surface area is 128 Å². The fourth-order valence-corrected chi connectivity index (χ4v) is 3.24. The van der Waals surface area contributed by atoms with E-state index in [-0.39, 0.29) is 5.82 Å². The lowest BCUT2D eigenvalue weighted by Crippen LogP contribution is -2.22. The molecule has 1 fully saturated rings. The number of hydrogen-bond acceptors (Lipinski definition) is 3. The first kappa shape index (κ1) is 13.5. The van der Waals surface area contributed by atoms with E-state index in [1.54, 1.807) is 0 Å². The Bertz CT molecular complexity index is 748. The van der Waals surface area contributed by atoms with Crippen molar-refractivity contribution in [1.29, 1.82) is 0 Å². The predicted molar refractivity (Wildman–Crippen MR) is 82.8 cm³/mol. The fourth-order valence-electron chi connectivity index (χ4n) is 3.24. The lowest BCUT2D eigenvalue weighted by Gasteiger charge is -2.23. The van der Waals surface area contributed by atoms with Crippen molar-refractivity contribution in [3.05, 3.63) is 65.8 Å². The summed E-state index contributed by atoms with van der Waals surface area (Å²) in [5, 5.41) is 0. The van der Waals surface area contributed by atoms with Crippen molar-refractivity contribution in [3.8, 4) is 0 Å². The summed E-state index contributed by atoms with van der Waals surface area (Å²) in [6, 6.07) is 15.0. The van der Waals surface area contributed by atoms with Crippen LogP contribution in [-0.4, -0.2) is 16.4 Å². The van der Waals surface area contributed by atoms with Crippen LogP contribution in [0.3, 0.4) is 0 Å². The number of rotatable bonds is 3. The maximum atomic E-state index is 13.1. The number of nitrogens with zero attached hydrogens (tertiary/aromatic N) is 2. The van der Waals surface area contributed by atoms with Gasteiger partial charge in [0, 0.05) is 6.04 Å². The molecule has 3 aromatic rings. The van der Waals surface area contributed by atoms with E-state index in [0.717, 1.165) is 41.9 Å². The molecule has 4 rings (SSSR count). The van der Waals surface area contributed by atoms with Gasteiger partial charge in [0.15, 0.2) is 5.58 Å². The molecule has 1 unspecified atom stereocenters. The third-order valence-electron chi connectivity index (χ3n) is 4.29. The molecule has 0 saturated carbocycles. The van der Waals surface area contributed by atoms with E-state index in [0.29, 0.717) is 12.6 Å². The minimum atomic E-state index is -0.188. The average Bonchev–Trinajstić information content (AvgIpc) is 3.14. The first-order chi connectivity index (χ1) is 10.8. The summed E-state index contributed by atoms with van der Waals surface area (Å²) >= 11 is 0. The second-order valence-electron chi connectivity index (χ2n) is 5.76. The highest BCUT2D eigenvalue weighted by atomic mass is 19.1. The molecule has 1 aliphatic heterocycles. The number of hydrogen-bond donors (Lipinski definition) is 0. The van der Waals surface area contributed by atoms with Crippen molar-refractivity contribution in [2.75, 3.05) is 6.54 Å². The van der Waals surface area contributed by atoms with E-state index in [9.17, 15) is 4.39 Å². The summed E-state index contributed by atoms with van der Waals surface area (Å²) in [5.41, 5.74) is 2.89. The monoisotopic (exact) mass is 296 g/mol. The van der Waals surface area contributed by atoms with Crippen LogP contribution in [0.2, 0.25) is 0 Å². The van der Waals surface area contributed by atoms with Gasteiger partial charge < -0.3 is 4.42 Å². The Morgan fingerprint density at radius 3 is 2.77 bits per heavy atom. The Morgan fingerprint density at radius 1 is 1.14 bits per heavy atom. The molecule has 1 aliphatic rings. The molecule has 0 spiro atoms. The lowest BCUT2D eigenvalue weighted by atomic mass is 10.0. The van der Waals surface area contributed by atoms with Crippen molar-refractivity contribution in [2.24, 2.45) is 0 Å². The van der Waals surface area contributed by atoms with Crippen LogP contribution in [0.15, 0.2) is 52.9 Å². The molecular weight excluding hydrogens is 279 g/mol. The van der Waals surface area contributed by atoms with Gasteiger partial charge in [-0.3, -0.25) is 4.90 Å². The molecule has 22 heavy (non-hydrogen) atoms. The van der Waals surface area contributed by atoms with Crippen molar-refractivity contribution < 1.29 is 8.81 Å². The van der Waals surface area contributed by atoms with Crippen LogP contribution in [-0.2, 0) is 6.54 Å². The van der Waals surface area contributed by atoms with Gasteiger partial charge in [0.05, 0.1) is 6.54 Å². The van der Waals surface area contributed by atoms with E-state index in [2.05, 4.69) is 9.88 Å². The van der Waals surface area contributed by atoms with Crippen LogP contribution in [0, 0.1) is 5.82 Å². The van der Waals surface area contributed by atoms with E-state index < -0.39 is 0 Å². The van der Waals surface area contributed by atoms with Crippen molar-refractivity contribution in [1.82, 2.24) is 9.88 Å². The number of benzene rings is 2. The van der Waals surface area contributed by atoms with Crippen molar-refractivity contribution in [2.45, 2.75) is 25.4 Å². The number of aromatic nitrogens is 1. The van der Waals surface area contributed by atoms with E-state index in [1.165, 1.54) is 12.1 Å². The number of fused-ring (bicyclic) bond motifs is 1. The maximum Gasteiger partial charge on any atom is 0.209 e. The van der Waals surface area contributed by atoms with Gasteiger partial charge in [0.25, 0.3) is 0 Å². The molecule has 0 aliphatic carbocycles. The second-order valence-corrected chi connectivity index (χ2v) is 5.76. The molecule has 0 N–H and O–H groups in total. The third kappa shape index (κ3) is 2.50. The fraction of sp³-hybridized carbons (Fsp3) is 0.278. The molecular formula is C18H17FN2O. The zero-order chi connectivity index (χ0) is 14.9. The van der Waals surface area contributed by atoms with Crippen LogP contribution < -0.4 is 0 Å². The predicted octanol–water partition coefficient (Wildman–Crippen LogP) is 4.30. The number of likely N-dealkylation sites (tertiary alicyclic amines) is 1. The van der Waals surface area contributed by atoms with Gasteiger partial charge in [-0.15, -0.1) is 0 Å². The molecule has 1 aromatic heterocycles. The molecule has 4 heteroatoms. The smallest absolute Gasteiger partial charge is 0.209 e. The van der Waals surface area contributed by atoms with Gasteiger partial charge in [-0.2, -0.15) is 0 Å². The third-order valence-corrected chi connectivity index (χ3v) is 4.29. The van der Waals surface area contributed by atoms with E-state index >= 15 is 0 Å². The van der Waals surface area contributed by atoms with Gasteiger partial charge >= 0.3 is 0 Å². The zero-order valence-electron chi connectivity index (χ0n) is 12.2. The summed E-state index contributed by atoms with van der Waals surface area (Å²) in [7, 11) is 0. The second kappa shape index (κ2) is 5.54. The van der Waals surface area contributed by atoms with Crippen LogP contribution in [0.1, 0.15) is 30.3 Å². The molecule has 0 amide bonds. The van der Waals surface area contributed by atoms with Crippen LogP contribution in [0.4, 0.5) is 4.39 Å². The molecule has 1 atom stereocenters. The van der Waals surface area contributed by atoms with E-state index in [1.807, 2.05) is 36.4 Å². The SMILES string of the molecule is Fc1ccc(C2CCCN2Cc2nc3ccccc3o2)cc1. The molecule has 1 saturated heterocycles. The zero-order valence-corrected chi connectivity index (χ0v) is 12.2. The van der Waals surface area contributed by atoms with Gasteiger partial charge in [-0.05, 0) is 49.2 Å². The maximum absolute atomic E-state index is 13.1. The summed E-state index contributed by atoms with van der Waals surface area (Å²) in [6.45, 7) is 1.71. The van der Waals surface area contributed by atoms with Gasteiger partial charge in [-0.25, -0.2) is 9.37 Å². The quantitative estimate of drug-likeness (QED) is 0.721. The van der Waals surface area contributed by atoms with Crippen molar-refractivity contribution in [3.63, 3.8) is 0 Å². The Kier molecular flexibility index (Phi) is 3.39. The largest absolute Gasteiger partial charge is 0.439 e. The molecule has 0 bridgehead atoms. The molecule has 0 radical (unpaired) electrons. The summed E-state index contributed by atoms with van der Waals surface area (Å²) in [5.74, 6) is 0.558. The minimum Gasteiger partial charge on any atom is -0.439 e. The standard InChI is InChI=1S/C18H17FN2O/c19-14-9-7-13(8-10-14)16-5-3-11-21(16)12-18-20-15-4-1-2-6-17(15)22-18/h1-2,4,6-10,16H,3,5,11-12H2. The normalized spacial score (nSPS) is 19.0. The Hall–Kier alpha value is -2.20. The van der Waals surface area contributed by atoms with Crippen LogP contribution in [0.25, 0.3) is 11.1 Å². The van der Waals surface area contributed by atoms with Crippen LogP contribution in [0.5, 0.6) is 0 Å². The van der Waals surface area contributed by atoms with Crippen LogP contribution >= 0.6 is 0 Å². The number of para-hydroxylation sites is 2. The molecule has 3 nitrogen and oxygen atoms in total. The van der Waals surface area contributed by atoms with Gasteiger partial charge in [0.1, 0.15) is 11.3 Å². The molecule has 2 aromatic carbocycles. The summed E-state index contributed by atoms with van der Waals surface area (Å²) in [4.78, 5) is 6.91. The number of halogens is 1. The van der Waals surface area contributed by atoms with E-state index in [4.69, 9.17) is 4.42 Å². The summed E-state index contributed by atoms with van der Waals surface area (Å²) in [6.07, 6.45) is 2.23. The highest BCUT2D eigenvalue weighted by Crippen LogP contribution is 2.33. The molecule has 112 valence electrons. The van der Waals surface area contributed by atoms with Gasteiger partial charge in [-0.1, -0.05) is 24.3 Å².